The van der Waals surface area contributed by atoms with Crippen LogP contribution in [0.2, 0.25) is 5.02 Å². The number of hydrogen-bond donors (Lipinski definition) is 1. The largest absolute Gasteiger partial charge is 0.476 e. The molecule has 0 amide bonds. The Balaban J connectivity index is 2.56. The third-order valence-corrected chi connectivity index (χ3v) is 2.70. The van der Waals surface area contributed by atoms with Gasteiger partial charge in [-0.25, -0.2) is 9.18 Å². The van der Waals surface area contributed by atoms with Gasteiger partial charge in [-0.3, -0.25) is 0 Å². The van der Waals surface area contributed by atoms with Crippen LogP contribution < -0.4 is 0 Å². The molecule has 0 saturated heterocycles. The first-order chi connectivity index (χ1) is 7.99. The Bertz CT molecular complexity index is 594. The Hall–Kier alpha value is -1.88. The van der Waals surface area contributed by atoms with E-state index in [4.69, 9.17) is 21.2 Å². The van der Waals surface area contributed by atoms with E-state index in [1.165, 1.54) is 18.2 Å². The predicted molar refractivity (Wildman–Crippen MR) is 58.6 cm³/mol. The summed E-state index contributed by atoms with van der Waals surface area (Å²) in [5, 5.41) is 12.3. The van der Waals surface area contributed by atoms with Crippen LogP contribution in [0.1, 0.15) is 16.1 Å². The molecule has 0 aliphatic heterocycles. The second kappa shape index (κ2) is 4.18. The standard InChI is InChI=1S/C11H7ClFNO3/c1-5-7(2-6(13)3-8(5)12)10-4-9(11(15)16)14-17-10/h2-4H,1H3,(H,15,16). The number of benzene rings is 1. The van der Waals surface area contributed by atoms with Crippen LogP contribution in [0, 0.1) is 12.7 Å². The quantitative estimate of drug-likeness (QED) is 0.895. The zero-order chi connectivity index (χ0) is 12.6. The number of rotatable bonds is 2. The van der Waals surface area contributed by atoms with Crippen LogP contribution in [0.3, 0.4) is 0 Å². The summed E-state index contributed by atoms with van der Waals surface area (Å²) in [6.07, 6.45) is 0. The van der Waals surface area contributed by atoms with E-state index in [1.807, 2.05) is 0 Å². The van der Waals surface area contributed by atoms with Crippen LogP contribution >= 0.6 is 11.6 Å². The number of carboxylic acid groups (broad SMARTS) is 1. The molecule has 0 unspecified atom stereocenters. The van der Waals surface area contributed by atoms with Gasteiger partial charge in [-0.1, -0.05) is 16.8 Å². The second-order valence-corrected chi connectivity index (χ2v) is 3.85. The lowest BCUT2D eigenvalue weighted by atomic mass is 10.1. The summed E-state index contributed by atoms with van der Waals surface area (Å²) >= 11 is 5.82. The summed E-state index contributed by atoms with van der Waals surface area (Å²) in [5.41, 5.74) is 0.746. The van der Waals surface area contributed by atoms with Crippen molar-refractivity contribution in [3.8, 4) is 11.3 Å². The van der Waals surface area contributed by atoms with Crippen LogP contribution in [-0.4, -0.2) is 16.2 Å². The maximum Gasteiger partial charge on any atom is 0.358 e. The van der Waals surface area contributed by atoms with Gasteiger partial charge in [0.05, 0.1) is 0 Å². The monoisotopic (exact) mass is 255 g/mol. The van der Waals surface area contributed by atoms with Crippen LogP contribution in [0.25, 0.3) is 11.3 Å². The number of carboxylic acids is 1. The van der Waals surface area contributed by atoms with Crippen molar-refractivity contribution < 1.29 is 18.8 Å². The Morgan fingerprint density at radius 1 is 1.47 bits per heavy atom. The number of aromatic nitrogens is 1. The van der Waals surface area contributed by atoms with Crippen LogP contribution in [-0.2, 0) is 0 Å². The van der Waals surface area contributed by atoms with E-state index >= 15 is 0 Å². The molecule has 0 spiro atoms. The number of nitrogens with zero attached hydrogens (tertiary/aromatic N) is 1. The Kier molecular flexibility index (Phi) is 2.85. The molecule has 2 rings (SSSR count). The average molecular weight is 256 g/mol. The minimum absolute atomic E-state index is 0.168. The maximum absolute atomic E-state index is 13.2. The Morgan fingerprint density at radius 3 is 2.76 bits per heavy atom. The Morgan fingerprint density at radius 2 is 2.18 bits per heavy atom. The molecule has 1 aromatic heterocycles. The van der Waals surface area contributed by atoms with Crippen molar-refractivity contribution >= 4 is 17.6 Å². The Labute approximate surface area is 101 Å². The van der Waals surface area contributed by atoms with E-state index < -0.39 is 11.8 Å². The summed E-state index contributed by atoms with van der Waals surface area (Å²) in [6, 6.07) is 3.61. The highest BCUT2D eigenvalue weighted by Gasteiger charge is 2.15. The van der Waals surface area contributed by atoms with Crippen molar-refractivity contribution in [1.29, 1.82) is 0 Å². The normalized spacial score (nSPS) is 10.5. The van der Waals surface area contributed by atoms with Crippen molar-refractivity contribution in [3.63, 3.8) is 0 Å². The molecule has 0 aliphatic carbocycles. The molecule has 1 aromatic carbocycles. The fourth-order valence-electron chi connectivity index (χ4n) is 1.40. The van der Waals surface area contributed by atoms with Gasteiger partial charge in [0.15, 0.2) is 11.5 Å². The first-order valence-electron chi connectivity index (χ1n) is 4.65. The molecule has 6 heteroatoms. The highest BCUT2D eigenvalue weighted by Crippen LogP contribution is 2.30. The van der Waals surface area contributed by atoms with Gasteiger partial charge < -0.3 is 9.63 Å². The van der Waals surface area contributed by atoms with Crippen molar-refractivity contribution in [2.45, 2.75) is 6.92 Å². The van der Waals surface area contributed by atoms with E-state index in [0.29, 0.717) is 11.1 Å². The van der Waals surface area contributed by atoms with Gasteiger partial charge in [-0.05, 0) is 24.6 Å². The van der Waals surface area contributed by atoms with E-state index in [1.54, 1.807) is 6.92 Å². The van der Waals surface area contributed by atoms with Gasteiger partial charge in [0, 0.05) is 16.7 Å². The third kappa shape index (κ3) is 2.14. The van der Waals surface area contributed by atoms with Gasteiger partial charge in [0.2, 0.25) is 0 Å². The maximum atomic E-state index is 13.2. The molecule has 0 radical (unpaired) electrons. The number of halogens is 2. The fourth-order valence-corrected chi connectivity index (χ4v) is 1.61. The molecule has 88 valence electrons. The van der Waals surface area contributed by atoms with Gasteiger partial charge in [0.25, 0.3) is 0 Å². The highest BCUT2D eigenvalue weighted by atomic mass is 35.5. The average Bonchev–Trinajstić information content (AvgIpc) is 2.72. The van der Waals surface area contributed by atoms with E-state index in [2.05, 4.69) is 5.16 Å². The van der Waals surface area contributed by atoms with E-state index in [9.17, 15) is 9.18 Å². The van der Waals surface area contributed by atoms with Crippen LogP contribution in [0.5, 0.6) is 0 Å². The molecule has 4 nitrogen and oxygen atoms in total. The molecule has 0 bridgehead atoms. The molecule has 1 heterocycles. The van der Waals surface area contributed by atoms with Crippen molar-refractivity contribution in [3.05, 3.63) is 40.3 Å². The first kappa shape index (κ1) is 11.6. The summed E-state index contributed by atoms with van der Waals surface area (Å²) in [7, 11) is 0. The van der Waals surface area contributed by atoms with Gasteiger partial charge >= 0.3 is 5.97 Å². The molecule has 0 fully saturated rings. The van der Waals surface area contributed by atoms with Gasteiger partial charge in [0.1, 0.15) is 5.82 Å². The summed E-state index contributed by atoms with van der Waals surface area (Å²) < 4.78 is 18.0. The lowest BCUT2D eigenvalue weighted by Gasteiger charge is -2.03. The SMILES string of the molecule is Cc1c(Cl)cc(F)cc1-c1cc(C(=O)O)no1. The van der Waals surface area contributed by atoms with Crippen molar-refractivity contribution in [1.82, 2.24) is 5.16 Å². The predicted octanol–water partition coefficient (Wildman–Crippen LogP) is 3.14. The lowest BCUT2D eigenvalue weighted by molar-refractivity contribution is 0.0686. The molecule has 1 N–H and O–H groups in total. The summed E-state index contributed by atoms with van der Waals surface area (Å²) in [4.78, 5) is 10.6. The molecule has 2 aromatic rings. The van der Waals surface area contributed by atoms with Crippen molar-refractivity contribution in [2.75, 3.05) is 0 Å². The highest BCUT2D eigenvalue weighted by molar-refractivity contribution is 6.31. The van der Waals surface area contributed by atoms with E-state index in [-0.39, 0.29) is 16.5 Å². The zero-order valence-corrected chi connectivity index (χ0v) is 9.45. The number of aromatic carboxylic acids is 1. The lowest BCUT2D eigenvalue weighted by Crippen LogP contribution is -1.94. The van der Waals surface area contributed by atoms with Crippen LogP contribution in [0.4, 0.5) is 4.39 Å². The number of carbonyl (C=O) groups is 1. The fraction of sp³-hybridized carbons (Fsp3) is 0.0909. The minimum atomic E-state index is -1.21. The second-order valence-electron chi connectivity index (χ2n) is 3.44. The van der Waals surface area contributed by atoms with Crippen molar-refractivity contribution in [2.24, 2.45) is 0 Å². The third-order valence-electron chi connectivity index (χ3n) is 2.30. The molecule has 0 saturated carbocycles. The number of hydrogen-bond acceptors (Lipinski definition) is 3. The molecular formula is C11H7ClFNO3. The smallest absolute Gasteiger partial charge is 0.358 e. The van der Waals surface area contributed by atoms with E-state index in [0.717, 1.165) is 0 Å². The summed E-state index contributed by atoms with van der Waals surface area (Å²) in [5.74, 6) is -1.56. The van der Waals surface area contributed by atoms with Gasteiger partial charge in [-0.2, -0.15) is 0 Å². The topological polar surface area (TPSA) is 63.3 Å². The zero-order valence-electron chi connectivity index (χ0n) is 8.70. The molecule has 0 aliphatic rings. The summed E-state index contributed by atoms with van der Waals surface area (Å²) in [6.45, 7) is 1.68. The molecule has 17 heavy (non-hydrogen) atoms. The minimum Gasteiger partial charge on any atom is -0.476 e. The molecule has 0 atom stereocenters. The van der Waals surface area contributed by atoms with Crippen LogP contribution in [0.15, 0.2) is 22.7 Å². The van der Waals surface area contributed by atoms with Gasteiger partial charge in [-0.15, -0.1) is 0 Å². The molecular weight excluding hydrogens is 249 g/mol. The first-order valence-corrected chi connectivity index (χ1v) is 5.03.